The van der Waals surface area contributed by atoms with Crippen LogP contribution in [-0.2, 0) is 0 Å². The number of anilines is 2. The third-order valence-corrected chi connectivity index (χ3v) is 7.94. The fraction of sp³-hybridized carbons (Fsp3) is 0.417. The van der Waals surface area contributed by atoms with Crippen LogP contribution in [0.4, 0.5) is 11.4 Å². The second-order valence-corrected chi connectivity index (χ2v) is 10.0. The van der Waals surface area contributed by atoms with Crippen molar-refractivity contribution in [3.8, 4) is 0 Å². The molecule has 0 aliphatic heterocycles. The van der Waals surface area contributed by atoms with Gasteiger partial charge < -0.3 is 21.3 Å². The molecule has 0 amide bonds. The van der Waals surface area contributed by atoms with Crippen molar-refractivity contribution in [3.63, 3.8) is 0 Å². The molecule has 0 aromatic heterocycles. The number of nitrogens with one attached hydrogen (secondary N) is 4. The minimum Gasteiger partial charge on any atom is -0.357 e. The van der Waals surface area contributed by atoms with Gasteiger partial charge in [-0.25, -0.2) is 0 Å². The maximum atomic E-state index is 5.69. The van der Waals surface area contributed by atoms with Gasteiger partial charge in [-0.05, 0) is 78.3 Å². The van der Waals surface area contributed by atoms with Crippen LogP contribution in [-0.4, -0.2) is 22.3 Å². The Morgan fingerprint density at radius 2 is 1.30 bits per heavy atom. The highest BCUT2D eigenvalue weighted by Gasteiger charge is 2.66. The summed E-state index contributed by atoms with van der Waals surface area (Å²) in [5.41, 5.74) is 2.30. The predicted octanol–water partition coefficient (Wildman–Crippen LogP) is 5.15. The molecule has 2 aliphatic rings. The first kappa shape index (κ1) is 21.1. The van der Waals surface area contributed by atoms with E-state index in [2.05, 4.69) is 42.0 Å². The van der Waals surface area contributed by atoms with Crippen LogP contribution in [0.2, 0.25) is 0 Å². The summed E-state index contributed by atoms with van der Waals surface area (Å²) in [6, 6.07) is 20.5. The maximum Gasteiger partial charge on any atom is 0.171 e. The van der Waals surface area contributed by atoms with Crippen LogP contribution in [0.3, 0.4) is 0 Å². The molecule has 2 aromatic rings. The second kappa shape index (κ2) is 8.16. The number of rotatable bonds is 4. The Morgan fingerprint density at radius 3 is 1.83 bits per heavy atom. The van der Waals surface area contributed by atoms with Crippen LogP contribution in [0, 0.1) is 16.7 Å². The Morgan fingerprint density at radius 1 is 0.800 bits per heavy atom. The van der Waals surface area contributed by atoms with E-state index in [9.17, 15) is 0 Å². The predicted molar refractivity (Wildman–Crippen MR) is 134 cm³/mol. The minimum absolute atomic E-state index is 0.125. The Balaban J connectivity index is 1.50. The lowest BCUT2D eigenvalue weighted by Crippen LogP contribution is -2.58. The summed E-state index contributed by atoms with van der Waals surface area (Å²) in [4.78, 5) is 0. The van der Waals surface area contributed by atoms with Crippen LogP contribution in [0.1, 0.15) is 33.6 Å². The molecule has 2 aromatic carbocycles. The summed E-state index contributed by atoms with van der Waals surface area (Å²) < 4.78 is 0. The van der Waals surface area contributed by atoms with Gasteiger partial charge >= 0.3 is 0 Å². The van der Waals surface area contributed by atoms with Crippen molar-refractivity contribution >= 4 is 46.0 Å². The Labute approximate surface area is 190 Å². The van der Waals surface area contributed by atoms with Crippen molar-refractivity contribution in [2.24, 2.45) is 16.7 Å². The van der Waals surface area contributed by atoms with Crippen LogP contribution < -0.4 is 21.3 Å². The molecule has 0 unspecified atom stereocenters. The topological polar surface area (TPSA) is 48.1 Å². The lowest BCUT2D eigenvalue weighted by Gasteiger charge is -2.41. The van der Waals surface area contributed by atoms with Gasteiger partial charge in [-0.15, -0.1) is 0 Å². The van der Waals surface area contributed by atoms with Gasteiger partial charge in [-0.2, -0.15) is 0 Å². The lowest BCUT2D eigenvalue weighted by molar-refractivity contribution is 0.129. The van der Waals surface area contributed by atoms with E-state index >= 15 is 0 Å². The van der Waals surface area contributed by atoms with Gasteiger partial charge in [0.05, 0.1) is 12.1 Å². The first-order valence-corrected chi connectivity index (χ1v) is 11.4. The highest BCUT2D eigenvalue weighted by molar-refractivity contribution is 7.80. The molecule has 0 radical (unpaired) electrons. The van der Waals surface area contributed by atoms with Gasteiger partial charge in [-0.1, -0.05) is 57.2 Å². The van der Waals surface area contributed by atoms with E-state index in [1.807, 2.05) is 60.7 Å². The first-order chi connectivity index (χ1) is 14.3. The van der Waals surface area contributed by atoms with E-state index in [0.29, 0.717) is 16.1 Å². The van der Waals surface area contributed by atoms with Gasteiger partial charge in [0.15, 0.2) is 10.2 Å². The number of benzene rings is 2. The van der Waals surface area contributed by atoms with E-state index in [-0.39, 0.29) is 22.9 Å². The molecule has 158 valence electrons. The van der Waals surface area contributed by atoms with Crippen molar-refractivity contribution < 1.29 is 0 Å². The zero-order valence-electron chi connectivity index (χ0n) is 17.7. The average Bonchev–Trinajstić information content (AvgIpc) is 3.03. The number of fused-ring (bicyclic) bond motifs is 2. The fourth-order valence-corrected chi connectivity index (χ4v) is 5.98. The Kier molecular flexibility index (Phi) is 5.73. The third-order valence-electron chi connectivity index (χ3n) is 7.50. The molecule has 4 nitrogen and oxygen atoms in total. The van der Waals surface area contributed by atoms with Gasteiger partial charge in [0, 0.05) is 11.4 Å². The molecule has 30 heavy (non-hydrogen) atoms. The van der Waals surface area contributed by atoms with Crippen LogP contribution >= 0.6 is 24.4 Å². The minimum atomic E-state index is 0.125. The summed E-state index contributed by atoms with van der Waals surface area (Å²) in [7, 11) is 0. The molecule has 2 saturated carbocycles. The first-order valence-electron chi connectivity index (χ1n) is 10.6. The second-order valence-electron chi connectivity index (χ2n) is 9.22. The summed E-state index contributed by atoms with van der Waals surface area (Å²) in [6.45, 7) is 7.18. The highest BCUT2D eigenvalue weighted by atomic mass is 32.1. The molecule has 2 aliphatic carbocycles. The van der Waals surface area contributed by atoms with Crippen molar-refractivity contribution in [1.29, 1.82) is 0 Å². The monoisotopic (exact) mass is 438 g/mol. The number of hydrogen-bond donors (Lipinski definition) is 4. The summed E-state index contributed by atoms with van der Waals surface area (Å²) >= 11 is 11.4. The van der Waals surface area contributed by atoms with Crippen LogP contribution in [0.25, 0.3) is 0 Å². The molecule has 0 saturated heterocycles. The molecule has 0 spiro atoms. The quantitative estimate of drug-likeness (QED) is 0.495. The molecule has 4 rings (SSSR count). The molecular formula is C24H30N4S2. The summed E-state index contributed by atoms with van der Waals surface area (Å²) in [5.74, 6) is 0.523. The standard InChI is InChI=1S/C24H30N4S2/c1-23(2)18-14-15-24(23,3)20(28-22(30)26-17-12-8-5-9-13-17)19(18)27-21(29)25-16-10-6-4-7-11-16/h4-13,18-20H,14-15H2,1-3H3,(H2,25,27,29)(H2,26,28,30)/t18-,19-,20-,24-/m0/s1. The van der Waals surface area contributed by atoms with Crippen molar-refractivity contribution in [3.05, 3.63) is 60.7 Å². The van der Waals surface area contributed by atoms with Crippen molar-refractivity contribution in [2.75, 3.05) is 10.6 Å². The zero-order valence-corrected chi connectivity index (χ0v) is 19.4. The van der Waals surface area contributed by atoms with Gasteiger partial charge in [0.25, 0.3) is 0 Å². The molecule has 2 bridgehead atoms. The van der Waals surface area contributed by atoms with E-state index in [1.165, 1.54) is 12.8 Å². The smallest absolute Gasteiger partial charge is 0.171 e. The maximum absolute atomic E-state index is 5.69. The SMILES string of the molecule is CC1(C)[C@H]2CC[C@@]1(C)[C@@H](NC(=S)Nc1ccccc1)[C@H]2NC(=S)Nc1ccccc1. The van der Waals surface area contributed by atoms with Gasteiger partial charge in [0.2, 0.25) is 0 Å². The lowest BCUT2D eigenvalue weighted by atomic mass is 9.69. The molecule has 0 heterocycles. The largest absolute Gasteiger partial charge is 0.357 e. The van der Waals surface area contributed by atoms with E-state index < -0.39 is 0 Å². The molecule has 6 heteroatoms. The van der Waals surface area contributed by atoms with Crippen molar-refractivity contribution in [1.82, 2.24) is 10.6 Å². The Bertz CT molecular complexity index is 915. The normalized spacial score (nSPS) is 28.6. The molecule has 2 fully saturated rings. The average molecular weight is 439 g/mol. The van der Waals surface area contributed by atoms with E-state index in [0.717, 1.165) is 11.4 Å². The number of hydrogen-bond acceptors (Lipinski definition) is 2. The Hall–Kier alpha value is -2.18. The molecule has 4 atom stereocenters. The number of para-hydroxylation sites is 2. The van der Waals surface area contributed by atoms with E-state index in [1.54, 1.807) is 0 Å². The molecular weight excluding hydrogens is 408 g/mol. The van der Waals surface area contributed by atoms with Gasteiger partial charge in [-0.3, -0.25) is 0 Å². The highest BCUT2D eigenvalue weighted by Crippen LogP contribution is 2.65. The molecule has 4 N–H and O–H groups in total. The number of thiocarbonyl (C=S) groups is 2. The zero-order chi connectivity index (χ0) is 21.4. The van der Waals surface area contributed by atoms with Crippen molar-refractivity contribution in [2.45, 2.75) is 45.7 Å². The fourth-order valence-electron chi connectivity index (χ4n) is 5.48. The summed E-state index contributed by atoms with van der Waals surface area (Å²) in [6.07, 6.45) is 2.39. The summed E-state index contributed by atoms with van der Waals surface area (Å²) in [5, 5.41) is 15.2. The third kappa shape index (κ3) is 3.79. The van der Waals surface area contributed by atoms with E-state index in [4.69, 9.17) is 24.4 Å². The van der Waals surface area contributed by atoms with Crippen LogP contribution in [0.15, 0.2) is 60.7 Å². The van der Waals surface area contributed by atoms with Gasteiger partial charge in [0.1, 0.15) is 0 Å². The van der Waals surface area contributed by atoms with Crippen LogP contribution in [0.5, 0.6) is 0 Å².